The minimum Gasteiger partial charge on any atom is -0.332 e. The summed E-state index contributed by atoms with van der Waals surface area (Å²) in [6.07, 6.45) is 4.87. The van der Waals surface area contributed by atoms with Gasteiger partial charge in [-0.1, -0.05) is 0 Å². The standard InChI is InChI=1S/C15H21N5O/c1-11-9-12(2)20(18-11)10-13-5-3-4-8-19(13)15(21)14-6-7-16-17-14/h6-7,9,13H,3-5,8,10H2,1-2H3,(H,16,17)/t13-/m0/s1. The average molecular weight is 287 g/mol. The maximum Gasteiger partial charge on any atom is 0.272 e. The zero-order valence-corrected chi connectivity index (χ0v) is 12.5. The van der Waals surface area contributed by atoms with Crippen LogP contribution in [0.4, 0.5) is 0 Å². The average Bonchev–Trinajstić information content (AvgIpc) is 3.09. The van der Waals surface area contributed by atoms with Crippen molar-refractivity contribution in [3.63, 3.8) is 0 Å². The van der Waals surface area contributed by atoms with Gasteiger partial charge in [-0.3, -0.25) is 14.6 Å². The van der Waals surface area contributed by atoms with E-state index in [1.54, 1.807) is 12.3 Å². The van der Waals surface area contributed by atoms with Crippen LogP contribution in [0.5, 0.6) is 0 Å². The van der Waals surface area contributed by atoms with Crippen molar-refractivity contribution in [1.82, 2.24) is 24.9 Å². The lowest BCUT2D eigenvalue weighted by molar-refractivity contribution is 0.0576. The van der Waals surface area contributed by atoms with Gasteiger partial charge in [0.25, 0.3) is 5.91 Å². The third kappa shape index (κ3) is 2.84. The molecule has 6 nitrogen and oxygen atoms in total. The van der Waals surface area contributed by atoms with Crippen LogP contribution in [0, 0.1) is 13.8 Å². The van der Waals surface area contributed by atoms with Gasteiger partial charge in [0, 0.05) is 18.4 Å². The summed E-state index contributed by atoms with van der Waals surface area (Å²) in [5, 5.41) is 11.2. The molecule has 1 N–H and O–H groups in total. The minimum absolute atomic E-state index is 0.0405. The highest BCUT2D eigenvalue weighted by atomic mass is 16.2. The maximum absolute atomic E-state index is 12.6. The second-order valence-electron chi connectivity index (χ2n) is 5.73. The lowest BCUT2D eigenvalue weighted by atomic mass is 10.0. The van der Waals surface area contributed by atoms with Crippen LogP contribution in [0.1, 0.15) is 41.1 Å². The summed E-state index contributed by atoms with van der Waals surface area (Å²) in [5.41, 5.74) is 2.73. The Morgan fingerprint density at radius 1 is 1.43 bits per heavy atom. The van der Waals surface area contributed by atoms with E-state index in [2.05, 4.69) is 28.3 Å². The molecule has 1 aliphatic heterocycles. The predicted octanol–water partition coefficient (Wildman–Crippen LogP) is 1.92. The molecule has 1 fully saturated rings. The number of aromatic amines is 1. The molecule has 0 saturated carbocycles. The molecule has 0 bridgehead atoms. The second-order valence-corrected chi connectivity index (χ2v) is 5.73. The zero-order valence-electron chi connectivity index (χ0n) is 12.5. The van der Waals surface area contributed by atoms with Crippen molar-refractivity contribution in [2.45, 2.75) is 45.7 Å². The lowest BCUT2D eigenvalue weighted by Crippen LogP contribution is -2.46. The molecule has 1 amide bonds. The lowest BCUT2D eigenvalue weighted by Gasteiger charge is -2.35. The highest BCUT2D eigenvalue weighted by Crippen LogP contribution is 2.21. The van der Waals surface area contributed by atoms with Crippen LogP contribution in [0.25, 0.3) is 0 Å². The molecular weight excluding hydrogens is 266 g/mol. The molecule has 1 aliphatic rings. The molecule has 0 spiro atoms. The molecule has 0 radical (unpaired) electrons. The van der Waals surface area contributed by atoms with Crippen LogP contribution in [-0.2, 0) is 6.54 Å². The van der Waals surface area contributed by atoms with Crippen LogP contribution >= 0.6 is 0 Å². The summed E-state index contributed by atoms with van der Waals surface area (Å²) in [4.78, 5) is 14.5. The molecule has 6 heteroatoms. The summed E-state index contributed by atoms with van der Waals surface area (Å²) in [5.74, 6) is 0.0405. The van der Waals surface area contributed by atoms with E-state index in [0.29, 0.717) is 5.69 Å². The molecule has 112 valence electrons. The van der Waals surface area contributed by atoms with Crippen LogP contribution < -0.4 is 0 Å². The van der Waals surface area contributed by atoms with Crippen molar-refractivity contribution in [1.29, 1.82) is 0 Å². The third-order valence-electron chi connectivity index (χ3n) is 4.11. The minimum atomic E-state index is 0.0405. The molecule has 0 unspecified atom stereocenters. The van der Waals surface area contributed by atoms with Gasteiger partial charge in [0.2, 0.25) is 0 Å². The summed E-state index contributed by atoms with van der Waals surface area (Å²) >= 11 is 0. The van der Waals surface area contributed by atoms with Gasteiger partial charge >= 0.3 is 0 Å². The summed E-state index contributed by atoms with van der Waals surface area (Å²) in [6, 6.07) is 4.01. The summed E-state index contributed by atoms with van der Waals surface area (Å²) in [6.45, 7) is 5.63. The number of aryl methyl sites for hydroxylation is 2. The molecule has 1 atom stereocenters. The fraction of sp³-hybridized carbons (Fsp3) is 0.533. The Balaban J connectivity index is 1.78. The number of rotatable bonds is 3. The van der Waals surface area contributed by atoms with E-state index >= 15 is 0 Å². The van der Waals surface area contributed by atoms with Crippen LogP contribution in [0.3, 0.4) is 0 Å². The van der Waals surface area contributed by atoms with Crippen molar-refractivity contribution >= 4 is 5.91 Å². The van der Waals surface area contributed by atoms with Gasteiger partial charge < -0.3 is 4.90 Å². The predicted molar refractivity (Wildman–Crippen MR) is 79.0 cm³/mol. The first kappa shape index (κ1) is 13.9. The number of likely N-dealkylation sites (tertiary alicyclic amines) is 1. The normalized spacial score (nSPS) is 19.0. The number of nitrogens with zero attached hydrogens (tertiary/aromatic N) is 4. The maximum atomic E-state index is 12.6. The largest absolute Gasteiger partial charge is 0.332 e. The van der Waals surface area contributed by atoms with Gasteiger partial charge in [-0.2, -0.15) is 10.2 Å². The molecule has 2 aromatic heterocycles. The fourth-order valence-corrected chi connectivity index (χ4v) is 3.05. The molecule has 21 heavy (non-hydrogen) atoms. The van der Waals surface area contributed by atoms with E-state index in [0.717, 1.165) is 43.7 Å². The molecule has 1 saturated heterocycles. The van der Waals surface area contributed by atoms with Crippen molar-refractivity contribution in [3.05, 3.63) is 35.4 Å². The summed E-state index contributed by atoms with van der Waals surface area (Å²) in [7, 11) is 0. The van der Waals surface area contributed by atoms with Gasteiger partial charge in [-0.25, -0.2) is 0 Å². The Bertz CT molecular complexity index is 616. The number of hydrogen-bond acceptors (Lipinski definition) is 3. The van der Waals surface area contributed by atoms with E-state index in [1.807, 2.05) is 16.5 Å². The van der Waals surface area contributed by atoms with Gasteiger partial charge in [-0.05, 0) is 45.2 Å². The third-order valence-corrected chi connectivity index (χ3v) is 4.11. The first-order valence-corrected chi connectivity index (χ1v) is 7.46. The Labute approximate surface area is 124 Å². The highest BCUT2D eigenvalue weighted by Gasteiger charge is 2.28. The number of carbonyl (C=O) groups is 1. The number of aromatic nitrogens is 4. The molecular formula is C15H21N5O. The highest BCUT2D eigenvalue weighted by molar-refractivity contribution is 5.92. The van der Waals surface area contributed by atoms with Crippen LogP contribution in [0.2, 0.25) is 0 Å². The molecule has 0 aliphatic carbocycles. The number of carbonyl (C=O) groups excluding carboxylic acids is 1. The van der Waals surface area contributed by atoms with E-state index < -0.39 is 0 Å². The number of amides is 1. The van der Waals surface area contributed by atoms with Crippen molar-refractivity contribution in [3.8, 4) is 0 Å². The summed E-state index contributed by atoms with van der Waals surface area (Å²) < 4.78 is 2.01. The molecule has 2 aromatic rings. The number of hydrogen-bond donors (Lipinski definition) is 1. The quantitative estimate of drug-likeness (QED) is 0.938. The molecule has 0 aromatic carbocycles. The van der Waals surface area contributed by atoms with Gasteiger partial charge in [0.1, 0.15) is 5.69 Å². The topological polar surface area (TPSA) is 66.8 Å². The van der Waals surface area contributed by atoms with Crippen LogP contribution in [0.15, 0.2) is 18.3 Å². The van der Waals surface area contributed by atoms with E-state index in [1.165, 1.54) is 0 Å². The van der Waals surface area contributed by atoms with E-state index in [9.17, 15) is 4.79 Å². The zero-order chi connectivity index (χ0) is 14.8. The fourth-order valence-electron chi connectivity index (χ4n) is 3.05. The van der Waals surface area contributed by atoms with E-state index in [4.69, 9.17) is 0 Å². The number of nitrogens with one attached hydrogen (secondary N) is 1. The monoisotopic (exact) mass is 287 g/mol. The van der Waals surface area contributed by atoms with Crippen molar-refractivity contribution in [2.75, 3.05) is 6.54 Å². The Hall–Kier alpha value is -2.11. The SMILES string of the molecule is Cc1cc(C)n(C[C@@H]2CCCCN2C(=O)c2ccn[nH]2)n1. The first-order valence-electron chi connectivity index (χ1n) is 7.46. The first-order chi connectivity index (χ1) is 10.1. The Morgan fingerprint density at radius 3 is 2.95 bits per heavy atom. The number of piperidine rings is 1. The van der Waals surface area contributed by atoms with Gasteiger partial charge in [-0.15, -0.1) is 0 Å². The van der Waals surface area contributed by atoms with E-state index in [-0.39, 0.29) is 11.9 Å². The number of H-pyrrole nitrogens is 1. The smallest absolute Gasteiger partial charge is 0.272 e. The second kappa shape index (κ2) is 5.71. The van der Waals surface area contributed by atoms with Gasteiger partial charge in [0.05, 0.1) is 18.3 Å². The Morgan fingerprint density at radius 2 is 2.29 bits per heavy atom. The molecule has 3 rings (SSSR count). The van der Waals surface area contributed by atoms with Crippen molar-refractivity contribution in [2.24, 2.45) is 0 Å². The molecule has 3 heterocycles. The van der Waals surface area contributed by atoms with Crippen molar-refractivity contribution < 1.29 is 4.79 Å². The Kier molecular flexibility index (Phi) is 3.77. The van der Waals surface area contributed by atoms with Crippen LogP contribution in [-0.4, -0.2) is 43.4 Å². The van der Waals surface area contributed by atoms with Gasteiger partial charge in [0.15, 0.2) is 0 Å².